The summed E-state index contributed by atoms with van der Waals surface area (Å²) in [6.07, 6.45) is 5.00. The maximum atomic E-state index is 6.50. The predicted octanol–water partition coefficient (Wildman–Crippen LogP) is 2.11. The van der Waals surface area contributed by atoms with Crippen molar-refractivity contribution in [3.63, 3.8) is 0 Å². The van der Waals surface area contributed by atoms with E-state index >= 15 is 0 Å². The van der Waals surface area contributed by atoms with E-state index in [4.69, 9.17) is 10.5 Å². The van der Waals surface area contributed by atoms with Gasteiger partial charge in [0.15, 0.2) is 0 Å². The number of methoxy groups -OCH3 is 1. The molecular formula is C15H22N2O. The first-order valence-corrected chi connectivity index (χ1v) is 6.96. The number of rotatable bonds is 2. The van der Waals surface area contributed by atoms with Gasteiger partial charge in [0.05, 0.1) is 7.11 Å². The molecule has 0 radical (unpaired) electrons. The van der Waals surface area contributed by atoms with Crippen LogP contribution in [0, 0.1) is 0 Å². The van der Waals surface area contributed by atoms with Gasteiger partial charge >= 0.3 is 0 Å². The van der Waals surface area contributed by atoms with Gasteiger partial charge in [0.1, 0.15) is 5.75 Å². The molecule has 1 saturated heterocycles. The SMILES string of the molecule is COc1ccc2c(c1)C(N)C(N1CCCC1)CC2. The lowest BCUT2D eigenvalue weighted by molar-refractivity contribution is 0.191. The topological polar surface area (TPSA) is 38.5 Å². The lowest BCUT2D eigenvalue weighted by Gasteiger charge is -2.37. The predicted molar refractivity (Wildman–Crippen MR) is 72.8 cm³/mol. The minimum absolute atomic E-state index is 0.141. The number of hydrogen-bond donors (Lipinski definition) is 1. The summed E-state index contributed by atoms with van der Waals surface area (Å²) in [4.78, 5) is 2.58. The van der Waals surface area contributed by atoms with Crippen LogP contribution in [0.25, 0.3) is 0 Å². The molecule has 1 aliphatic carbocycles. The van der Waals surface area contributed by atoms with E-state index in [1.54, 1.807) is 7.11 Å². The molecule has 1 aromatic carbocycles. The Morgan fingerprint density at radius 3 is 2.78 bits per heavy atom. The number of aryl methyl sites for hydroxylation is 1. The van der Waals surface area contributed by atoms with Gasteiger partial charge in [0, 0.05) is 12.1 Å². The van der Waals surface area contributed by atoms with E-state index in [2.05, 4.69) is 17.0 Å². The highest BCUT2D eigenvalue weighted by atomic mass is 16.5. The molecule has 98 valence electrons. The molecule has 1 fully saturated rings. The fraction of sp³-hybridized carbons (Fsp3) is 0.600. The van der Waals surface area contributed by atoms with Crippen LogP contribution in [0.15, 0.2) is 18.2 Å². The molecule has 2 N–H and O–H groups in total. The molecule has 1 aromatic rings. The molecule has 0 amide bonds. The van der Waals surface area contributed by atoms with E-state index in [9.17, 15) is 0 Å². The van der Waals surface area contributed by atoms with E-state index < -0.39 is 0 Å². The van der Waals surface area contributed by atoms with Gasteiger partial charge in [-0.05, 0) is 62.0 Å². The van der Waals surface area contributed by atoms with Gasteiger partial charge in [-0.1, -0.05) is 6.07 Å². The third-order valence-electron chi connectivity index (χ3n) is 4.45. The summed E-state index contributed by atoms with van der Waals surface area (Å²) in [7, 11) is 1.72. The monoisotopic (exact) mass is 246 g/mol. The van der Waals surface area contributed by atoms with Crippen LogP contribution in [0.1, 0.15) is 36.4 Å². The Balaban J connectivity index is 1.87. The summed E-state index contributed by atoms with van der Waals surface area (Å²) >= 11 is 0. The second-order valence-corrected chi connectivity index (χ2v) is 5.44. The van der Waals surface area contributed by atoms with Crippen molar-refractivity contribution >= 4 is 0 Å². The van der Waals surface area contributed by atoms with Crippen LogP contribution in [0.3, 0.4) is 0 Å². The van der Waals surface area contributed by atoms with Gasteiger partial charge in [-0.25, -0.2) is 0 Å². The molecule has 2 aliphatic rings. The number of likely N-dealkylation sites (tertiary alicyclic amines) is 1. The molecule has 2 atom stereocenters. The molecule has 0 aromatic heterocycles. The quantitative estimate of drug-likeness (QED) is 0.868. The Labute approximate surface area is 109 Å². The maximum Gasteiger partial charge on any atom is 0.119 e. The summed E-state index contributed by atoms with van der Waals surface area (Å²) < 4.78 is 5.32. The molecule has 3 rings (SSSR count). The molecule has 2 unspecified atom stereocenters. The zero-order valence-corrected chi connectivity index (χ0v) is 11.1. The van der Waals surface area contributed by atoms with Crippen molar-refractivity contribution in [2.24, 2.45) is 5.73 Å². The Morgan fingerprint density at radius 2 is 2.06 bits per heavy atom. The first-order chi connectivity index (χ1) is 8.79. The Morgan fingerprint density at radius 1 is 1.28 bits per heavy atom. The van der Waals surface area contributed by atoms with Crippen LogP contribution in [0.4, 0.5) is 0 Å². The van der Waals surface area contributed by atoms with Crippen molar-refractivity contribution in [2.75, 3.05) is 20.2 Å². The van der Waals surface area contributed by atoms with Crippen LogP contribution in [0.2, 0.25) is 0 Å². The normalized spacial score (nSPS) is 28.1. The Kier molecular flexibility index (Phi) is 3.27. The van der Waals surface area contributed by atoms with Crippen molar-refractivity contribution in [3.05, 3.63) is 29.3 Å². The Bertz CT molecular complexity index is 427. The van der Waals surface area contributed by atoms with Gasteiger partial charge in [-0.15, -0.1) is 0 Å². The summed E-state index contributed by atoms with van der Waals surface area (Å²) in [6, 6.07) is 7.01. The van der Waals surface area contributed by atoms with Crippen molar-refractivity contribution < 1.29 is 4.74 Å². The van der Waals surface area contributed by atoms with Crippen molar-refractivity contribution in [3.8, 4) is 5.75 Å². The zero-order valence-electron chi connectivity index (χ0n) is 11.1. The highest BCUT2D eigenvalue weighted by Gasteiger charge is 2.32. The van der Waals surface area contributed by atoms with E-state index in [0.29, 0.717) is 6.04 Å². The van der Waals surface area contributed by atoms with Crippen LogP contribution in [-0.4, -0.2) is 31.1 Å². The Hall–Kier alpha value is -1.06. The van der Waals surface area contributed by atoms with Crippen molar-refractivity contribution in [2.45, 2.75) is 37.8 Å². The van der Waals surface area contributed by atoms with Crippen LogP contribution in [0.5, 0.6) is 5.75 Å². The largest absolute Gasteiger partial charge is 0.497 e. The third-order valence-corrected chi connectivity index (χ3v) is 4.45. The van der Waals surface area contributed by atoms with Gasteiger partial charge in [0.25, 0.3) is 0 Å². The summed E-state index contributed by atoms with van der Waals surface area (Å²) in [6.45, 7) is 2.44. The van der Waals surface area contributed by atoms with Gasteiger partial charge in [-0.3, -0.25) is 4.90 Å². The highest BCUT2D eigenvalue weighted by Crippen LogP contribution is 2.34. The second kappa shape index (κ2) is 4.90. The summed E-state index contributed by atoms with van der Waals surface area (Å²) in [5, 5.41) is 0. The molecular weight excluding hydrogens is 224 g/mol. The number of hydrogen-bond acceptors (Lipinski definition) is 3. The summed E-state index contributed by atoms with van der Waals surface area (Å²) in [5.74, 6) is 0.922. The molecule has 0 spiro atoms. The third kappa shape index (κ3) is 2.02. The van der Waals surface area contributed by atoms with Crippen LogP contribution >= 0.6 is 0 Å². The number of nitrogens with two attached hydrogens (primary N) is 1. The number of ether oxygens (including phenoxy) is 1. The fourth-order valence-electron chi connectivity index (χ4n) is 3.41. The fourth-order valence-corrected chi connectivity index (χ4v) is 3.41. The molecule has 0 saturated carbocycles. The number of fused-ring (bicyclic) bond motifs is 1. The highest BCUT2D eigenvalue weighted by molar-refractivity contribution is 5.40. The number of benzene rings is 1. The minimum atomic E-state index is 0.141. The lowest BCUT2D eigenvalue weighted by atomic mass is 9.83. The van der Waals surface area contributed by atoms with Crippen LogP contribution in [-0.2, 0) is 6.42 Å². The van der Waals surface area contributed by atoms with Crippen molar-refractivity contribution in [1.29, 1.82) is 0 Å². The first-order valence-electron chi connectivity index (χ1n) is 6.96. The van der Waals surface area contributed by atoms with E-state index in [-0.39, 0.29) is 6.04 Å². The zero-order chi connectivity index (χ0) is 12.5. The maximum absolute atomic E-state index is 6.50. The molecule has 1 aliphatic heterocycles. The van der Waals surface area contributed by atoms with E-state index in [1.807, 2.05) is 6.07 Å². The van der Waals surface area contributed by atoms with Gasteiger partial charge < -0.3 is 10.5 Å². The minimum Gasteiger partial charge on any atom is -0.497 e. The molecule has 1 heterocycles. The summed E-state index contributed by atoms with van der Waals surface area (Å²) in [5.41, 5.74) is 9.19. The van der Waals surface area contributed by atoms with Crippen molar-refractivity contribution in [1.82, 2.24) is 4.90 Å². The van der Waals surface area contributed by atoms with E-state index in [0.717, 1.165) is 12.2 Å². The molecule has 0 bridgehead atoms. The second-order valence-electron chi connectivity index (χ2n) is 5.44. The number of nitrogens with zero attached hydrogens (tertiary/aromatic N) is 1. The van der Waals surface area contributed by atoms with Gasteiger partial charge in [-0.2, -0.15) is 0 Å². The lowest BCUT2D eigenvalue weighted by Crippen LogP contribution is -2.44. The van der Waals surface area contributed by atoms with Crippen LogP contribution < -0.4 is 10.5 Å². The average molecular weight is 246 g/mol. The molecule has 3 heteroatoms. The molecule has 18 heavy (non-hydrogen) atoms. The average Bonchev–Trinajstić information content (AvgIpc) is 2.93. The first kappa shape index (κ1) is 12.0. The van der Waals surface area contributed by atoms with E-state index in [1.165, 1.54) is 43.5 Å². The smallest absolute Gasteiger partial charge is 0.119 e. The standard InChI is InChI=1S/C15H22N2O/c1-18-12-6-4-11-5-7-14(15(16)13(11)10-12)17-8-2-3-9-17/h4,6,10,14-15H,2-3,5,7-9,16H2,1H3. The van der Waals surface area contributed by atoms with Gasteiger partial charge in [0.2, 0.25) is 0 Å². The molecule has 3 nitrogen and oxygen atoms in total.